The van der Waals surface area contributed by atoms with Gasteiger partial charge in [-0.3, -0.25) is 4.79 Å². The number of hydrogen-bond acceptors (Lipinski definition) is 2. The fourth-order valence-corrected chi connectivity index (χ4v) is 2.40. The molecule has 1 unspecified atom stereocenters. The van der Waals surface area contributed by atoms with Crippen molar-refractivity contribution >= 4 is 28.5 Å². The van der Waals surface area contributed by atoms with Crippen molar-refractivity contribution in [2.24, 2.45) is 0 Å². The molecular weight excluding hydrogens is 353 g/mol. The van der Waals surface area contributed by atoms with Gasteiger partial charge in [-0.15, -0.1) is 0 Å². The van der Waals surface area contributed by atoms with E-state index in [-0.39, 0.29) is 11.9 Å². The highest BCUT2D eigenvalue weighted by Gasteiger charge is 2.15. The maximum absolute atomic E-state index is 12.1. The summed E-state index contributed by atoms with van der Waals surface area (Å²) in [5.41, 5.74) is 1.70. The van der Waals surface area contributed by atoms with E-state index >= 15 is 0 Å². The van der Waals surface area contributed by atoms with Crippen LogP contribution in [0.3, 0.4) is 0 Å². The second kappa shape index (κ2) is 5.77. The van der Waals surface area contributed by atoms with E-state index in [4.69, 9.17) is 4.42 Å². The van der Waals surface area contributed by atoms with Gasteiger partial charge in [-0.1, -0.05) is 0 Å². The predicted molar refractivity (Wildman–Crippen MR) is 83.2 cm³/mol. The molecule has 0 saturated heterocycles. The van der Waals surface area contributed by atoms with E-state index in [1.807, 2.05) is 51.1 Å². The van der Waals surface area contributed by atoms with Crippen LogP contribution < -0.4 is 5.32 Å². The lowest BCUT2D eigenvalue weighted by Crippen LogP contribution is -2.26. The first-order valence-corrected chi connectivity index (χ1v) is 7.18. The standard InChI is InChI=1S/C15H16INO2/c1-9-8-14(11(3)19-9)10(2)17-15(18)12-4-6-13(16)7-5-12/h4-8,10H,1-3H3,(H,17,18). The largest absolute Gasteiger partial charge is 0.466 e. The van der Waals surface area contributed by atoms with Gasteiger partial charge in [0.15, 0.2) is 0 Å². The molecule has 0 radical (unpaired) electrons. The molecule has 0 bridgehead atoms. The highest BCUT2D eigenvalue weighted by atomic mass is 127. The summed E-state index contributed by atoms with van der Waals surface area (Å²) in [5, 5.41) is 2.98. The van der Waals surface area contributed by atoms with Crippen LogP contribution in [0.2, 0.25) is 0 Å². The molecule has 0 aliphatic rings. The van der Waals surface area contributed by atoms with Gasteiger partial charge in [0.2, 0.25) is 0 Å². The van der Waals surface area contributed by atoms with Crippen molar-refractivity contribution < 1.29 is 9.21 Å². The summed E-state index contributed by atoms with van der Waals surface area (Å²) < 4.78 is 6.60. The molecule has 2 rings (SSSR count). The molecule has 0 aliphatic heterocycles. The van der Waals surface area contributed by atoms with Gasteiger partial charge < -0.3 is 9.73 Å². The topological polar surface area (TPSA) is 42.2 Å². The van der Waals surface area contributed by atoms with E-state index in [0.29, 0.717) is 5.56 Å². The van der Waals surface area contributed by atoms with Crippen molar-refractivity contribution in [1.82, 2.24) is 5.32 Å². The Morgan fingerprint density at radius 1 is 1.26 bits per heavy atom. The Labute approximate surface area is 126 Å². The van der Waals surface area contributed by atoms with E-state index < -0.39 is 0 Å². The number of amides is 1. The molecule has 1 atom stereocenters. The Bertz CT molecular complexity index is 587. The highest BCUT2D eigenvalue weighted by molar-refractivity contribution is 14.1. The number of hydrogen-bond donors (Lipinski definition) is 1. The molecule has 1 aromatic carbocycles. The lowest BCUT2D eigenvalue weighted by molar-refractivity contribution is 0.0939. The molecule has 0 spiro atoms. The van der Waals surface area contributed by atoms with Crippen LogP contribution in [0.4, 0.5) is 0 Å². The number of benzene rings is 1. The molecule has 0 saturated carbocycles. The minimum atomic E-state index is -0.0675. The van der Waals surface area contributed by atoms with Crippen molar-refractivity contribution in [3.05, 3.63) is 56.5 Å². The summed E-state index contributed by atoms with van der Waals surface area (Å²) in [7, 11) is 0. The van der Waals surface area contributed by atoms with Crippen LogP contribution in [-0.2, 0) is 0 Å². The van der Waals surface area contributed by atoms with Gasteiger partial charge in [0.25, 0.3) is 5.91 Å². The number of carbonyl (C=O) groups excluding carboxylic acids is 1. The first-order chi connectivity index (χ1) is 8.97. The van der Waals surface area contributed by atoms with Gasteiger partial charge in [-0.2, -0.15) is 0 Å². The summed E-state index contributed by atoms with van der Waals surface area (Å²) in [5.74, 6) is 1.65. The maximum atomic E-state index is 12.1. The highest BCUT2D eigenvalue weighted by Crippen LogP contribution is 2.21. The van der Waals surface area contributed by atoms with Crippen molar-refractivity contribution in [3.63, 3.8) is 0 Å². The van der Waals surface area contributed by atoms with Crippen molar-refractivity contribution in [2.75, 3.05) is 0 Å². The minimum absolute atomic E-state index is 0.0655. The van der Waals surface area contributed by atoms with Crippen molar-refractivity contribution in [2.45, 2.75) is 26.8 Å². The summed E-state index contributed by atoms with van der Waals surface area (Å²) >= 11 is 2.22. The zero-order valence-electron chi connectivity index (χ0n) is 11.2. The van der Waals surface area contributed by atoms with E-state index in [1.165, 1.54) is 0 Å². The Kier molecular flexibility index (Phi) is 4.29. The predicted octanol–water partition coefficient (Wildman–Crippen LogP) is 3.99. The third-order valence-electron chi connectivity index (χ3n) is 3.00. The molecule has 1 amide bonds. The summed E-state index contributed by atoms with van der Waals surface area (Å²) in [6.45, 7) is 5.78. The lowest BCUT2D eigenvalue weighted by atomic mass is 10.1. The third-order valence-corrected chi connectivity index (χ3v) is 3.72. The molecule has 2 aromatic rings. The minimum Gasteiger partial charge on any atom is -0.466 e. The summed E-state index contributed by atoms with van der Waals surface area (Å²) in [4.78, 5) is 12.1. The number of nitrogens with one attached hydrogen (secondary N) is 1. The molecule has 1 aromatic heterocycles. The number of carbonyl (C=O) groups is 1. The number of aryl methyl sites for hydroxylation is 2. The summed E-state index contributed by atoms with van der Waals surface area (Å²) in [6.07, 6.45) is 0. The van der Waals surface area contributed by atoms with Crippen LogP contribution in [0.1, 0.15) is 40.4 Å². The monoisotopic (exact) mass is 369 g/mol. The Morgan fingerprint density at radius 3 is 2.42 bits per heavy atom. The Balaban J connectivity index is 2.10. The average molecular weight is 369 g/mol. The van der Waals surface area contributed by atoms with Crippen LogP contribution in [0.5, 0.6) is 0 Å². The van der Waals surface area contributed by atoms with E-state index in [2.05, 4.69) is 27.9 Å². The fraction of sp³-hybridized carbons (Fsp3) is 0.267. The van der Waals surface area contributed by atoms with Gasteiger partial charge in [-0.25, -0.2) is 0 Å². The van der Waals surface area contributed by atoms with E-state index in [1.54, 1.807) is 0 Å². The maximum Gasteiger partial charge on any atom is 0.251 e. The van der Waals surface area contributed by atoms with E-state index in [9.17, 15) is 4.79 Å². The molecule has 100 valence electrons. The van der Waals surface area contributed by atoms with Crippen LogP contribution in [0.25, 0.3) is 0 Å². The van der Waals surface area contributed by atoms with Crippen LogP contribution in [0, 0.1) is 17.4 Å². The molecule has 0 aliphatic carbocycles. The molecule has 19 heavy (non-hydrogen) atoms. The van der Waals surface area contributed by atoms with Gasteiger partial charge >= 0.3 is 0 Å². The molecule has 1 N–H and O–H groups in total. The summed E-state index contributed by atoms with van der Waals surface area (Å²) in [6, 6.07) is 9.41. The second-order valence-corrected chi connectivity index (χ2v) is 5.82. The average Bonchev–Trinajstić information content (AvgIpc) is 2.69. The number of rotatable bonds is 3. The van der Waals surface area contributed by atoms with Crippen LogP contribution >= 0.6 is 22.6 Å². The molecule has 0 fully saturated rings. The van der Waals surface area contributed by atoms with Crippen molar-refractivity contribution in [1.29, 1.82) is 0 Å². The fourth-order valence-electron chi connectivity index (χ4n) is 2.04. The molecule has 4 heteroatoms. The van der Waals surface area contributed by atoms with Gasteiger partial charge in [0.1, 0.15) is 11.5 Å². The zero-order chi connectivity index (χ0) is 14.0. The smallest absolute Gasteiger partial charge is 0.251 e. The SMILES string of the molecule is Cc1cc(C(C)NC(=O)c2ccc(I)cc2)c(C)o1. The second-order valence-electron chi connectivity index (χ2n) is 4.57. The molecule has 1 heterocycles. The van der Waals surface area contributed by atoms with Crippen LogP contribution in [0.15, 0.2) is 34.7 Å². The molecular formula is C15H16INO2. The Morgan fingerprint density at radius 2 is 1.89 bits per heavy atom. The van der Waals surface area contributed by atoms with Gasteiger partial charge in [0.05, 0.1) is 6.04 Å². The van der Waals surface area contributed by atoms with E-state index in [0.717, 1.165) is 20.7 Å². The Hall–Kier alpha value is -1.30. The van der Waals surface area contributed by atoms with Crippen LogP contribution in [-0.4, -0.2) is 5.91 Å². The first kappa shape index (κ1) is 14.1. The zero-order valence-corrected chi connectivity index (χ0v) is 13.3. The normalized spacial score (nSPS) is 12.2. The first-order valence-electron chi connectivity index (χ1n) is 6.10. The van der Waals surface area contributed by atoms with Gasteiger partial charge in [0, 0.05) is 14.7 Å². The molecule has 3 nitrogen and oxygen atoms in total. The number of halogens is 1. The quantitative estimate of drug-likeness (QED) is 0.832. The third kappa shape index (κ3) is 3.37. The van der Waals surface area contributed by atoms with Crippen molar-refractivity contribution in [3.8, 4) is 0 Å². The van der Waals surface area contributed by atoms with Gasteiger partial charge in [-0.05, 0) is 73.7 Å². The number of furan rings is 1. The lowest BCUT2D eigenvalue weighted by Gasteiger charge is -2.13.